The van der Waals surface area contributed by atoms with E-state index < -0.39 is 22.5 Å². The number of amides is 1. The van der Waals surface area contributed by atoms with Crippen LogP contribution < -0.4 is 14.5 Å². The van der Waals surface area contributed by atoms with Gasteiger partial charge < -0.3 is 4.74 Å². The Kier molecular flexibility index (Phi) is 7.04. The fourth-order valence-corrected chi connectivity index (χ4v) is 4.32. The second kappa shape index (κ2) is 9.90. The van der Waals surface area contributed by atoms with Crippen LogP contribution in [0.15, 0.2) is 88.9 Å². The van der Waals surface area contributed by atoms with E-state index in [0.717, 1.165) is 15.4 Å². The summed E-state index contributed by atoms with van der Waals surface area (Å²) in [7, 11) is -2.45. The van der Waals surface area contributed by atoms with E-state index in [1.54, 1.807) is 42.5 Å². The number of carbonyl (C=O) groups is 1. The third kappa shape index (κ3) is 5.70. The monoisotopic (exact) mass is 437 g/mol. The molecular weight excluding hydrogens is 414 g/mol. The predicted octanol–water partition coefficient (Wildman–Crippen LogP) is 3.35. The molecular formula is C23H23N3O4S. The van der Waals surface area contributed by atoms with Gasteiger partial charge in [0.1, 0.15) is 12.3 Å². The van der Waals surface area contributed by atoms with Gasteiger partial charge in [-0.3, -0.25) is 9.10 Å². The highest BCUT2D eigenvalue weighted by molar-refractivity contribution is 7.92. The first-order valence-corrected chi connectivity index (χ1v) is 10.9. The fraction of sp³-hybridized carbons (Fsp3) is 0.130. The van der Waals surface area contributed by atoms with Crippen molar-refractivity contribution >= 4 is 27.8 Å². The Morgan fingerprint density at radius 1 is 1.03 bits per heavy atom. The van der Waals surface area contributed by atoms with Crippen LogP contribution in [0.2, 0.25) is 0 Å². The molecule has 7 nitrogen and oxygen atoms in total. The van der Waals surface area contributed by atoms with Gasteiger partial charge in [0.15, 0.2) is 0 Å². The van der Waals surface area contributed by atoms with Gasteiger partial charge >= 0.3 is 0 Å². The predicted molar refractivity (Wildman–Crippen MR) is 121 cm³/mol. The van der Waals surface area contributed by atoms with E-state index in [1.807, 2.05) is 31.2 Å². The molecule has 0 saturated carbocycles. The number of sulfonamides is 1. The summed E-state index contributed by atoms with van der Waals surface area (Å²) in [6.07, 6.45) is 1.51. The number of nitrogens with one attached hydrogen (secondary N) is 1. The van der Waals surface area contributed by atoms with E-state index >= 15 is 0 Å². The molecule has 0 atom stereocenters. The Morgan fingerprint density at radius 3 is 2.39 bits per heavy atom. The van der Waals surface area contributed by atoms with Crippen LogP contribution >= 0.6 is 0 Å². The number of benzene rings is 3. The summed E-state index contributed by atoms with van der Waals surface area (Å²) in [5, 5.41) is 3.95. The highest BCUT2D eigenvalue weighted by Gasteiger charge is 2.27. The molecule has 8 heteroatoms. The molecule has 0 aromatic heterocycles. The van der Waals surface area contributed by atoms with Crippen molar-refractivity contribution in [2.24, 2.45) is 5.10 Å². The first-order valence-electron chi connectivity index (χ1n) is 9.50. The van der Waals surface area contributed by atoms with Crippen molar-refractivity contribution < 1.29 is 17.9 Å². The SMILES string of the molecule is COc1ccc(N(CC(=O)N/N=C/c2cccc(C)c2)S(=O)(=O)c2ccccc2)cc1. The zero-order chi connectivity index (χ0) is 22.3. The molecule has 3 aromatic carbocycles. The largest absolute Gasteiger partial charge is 0.497 e. The first-order chi connectivity index (χ1) is 14.9. The molecule has 0 radical (unpaired) electrons. The number of nitrogens with zero attached hydrogens (tertiary/aromatic N) is 2. The fourth-order valence-electron chi connectivity index (χ4n) is 2.88. The van der Waals surface area contributed by atoms with Crippen molar-refractivity contribution in [3.05, 3.63) is 90.0 Å². The van der Waals surface area contributed by atoms with Gasteiger partial charge in [0.2, 0.25) is 0 Å². The lowest BCUT2D eigenvalue weighted by atomic mass is 10.2. The minimum absolute atomic E-state index is 0.0851. The van der Waals surface area contributed by atoms with Gasteiger partial charge in [0.05, 0.1) is 23.9 Å². The molecule has 160 valence electrons. The Balaban J connectivity index is 1.83. The standard InChI is InChI=1S/C23H23N3O4S/c1-18-7-6-8-19(15-18)16-24-25-23(27)17-26(20-11-13-21(30-2)14-12-20)31(28,29)22-9-4-3-5-10-22/h3-16H,17H2,1-2H3,(H,25,27)/b24-16+. The summed E-state index contributed by atoms with van der Waals surface area (Å²) in [6.45, 7) is 1.52. The number of rotatable bonds is 8. The smallest absolute Gasteiger partial charge is 0.264 e. The molecule has 3 aromatic rings. The van der Waals surface area contributed by atoms with Crippen molar-refractivity contribution in [2.45, 2.75) is 11.8 Å². The van der Waals surface area contributed by atoms with Gasteiger partial charge in [-0.05, 0) is 48.9 Å². The number of aryl methyl sites for hydroxylation is 1. The van der Waals surface area contributed by atoms with Gasteiger partial charge in [-0.2, -0.15) is 5.10 Å². The molecule has 31 heavy (non-hydrogen) atoms. The van der Waals surface area contributed by atoms with Crippen LogP contribution in [-0.2, 0) is 14.8 Å². The van der Waals surface area contributed by atoms with E-state index in [1.165, 1.54) is 25.5 Å². The number of methoxy groups -OCH3 is 1. The maximum absolute atomic E-state index is 13.2. The highest BCUT2D eigenvalue weighted by atomic mass is 32.2. The summed E-state index contributed by atoms with van der Waals surface area (Å²) < 4.78 is 32.6. The second-order valence-corrected chi connectivity index (χ2v) is 8.59. The number of hydrogen-bond acceptors (Lipinski definition) is 5. The molecule has 0 saturated heterocycles. The van der Waals surface area contributed by atoms with Crippen molar-refractivity contribution in [1.29, 1.82) is 0 Å². The molecule has 0 spiro atoms. The number of anilines is 1. The highest BCUT2D eigenvalue weighted by Crippen LogP contribution is 2.25. The van der Waals surface area contributed by atoms with Crippen molar-refractivity contribution in [2.75, 3.05) is 18.0 Å². The Hall–Kier alpha value is -3.65. The van der Waals surface area contributed by atoms with Gasteiger partial charge in [-0.1, -0.05) is 48.0 Å². The second-order valence-electron chi connectivity index (χ2n) is 6.73. The molecule has 0 aliphatic carbocycles. The van der Waals surface area contributed by atoms with Crippen LogP contribution in [-0.4, -0.2) is 34.2 Å². The molecule has 0 aliphatic rings. The number of hydrazone groups is 1. The number of carbonyl (C=O) groups excluding carboxylic acids is 1. The van der Waals surface area contributed by atoms with Crippen molar-refractivity contribution in [3.8, 4) is 5.75 Å². The van der Waals surface area contributed by atoms with Crippen molar-refractivity contribution in [1.82, 2.24) is 5.43 Å². The zero-order valence-corrected chi connectivity index (χ0v) is 18.0. The normalized spacial score (nSPS) is 11.3. The van der Waals surface area contributed by atoms with E-state index in [4.69, 9.17) is 4.74 Å². The quantitative estimate of drug-likeness (QED) is 0.432. The van der Waals surface area contributed by atoms with E-state index in [-0.39, 0.29) is 4.90 Å². The Morgan fingerprint density at radius 2 is 1.74 bits per heavy atom. The minimum Gasteiger partial charge on any atom is -0.497 e. The average Bonchev–Trinajstić information content (AvgIpc) is 2.78. The molecule has 0 unspecified atom stereocenters. The van der Waals surface area contributed by atoms with Crippen LogP contribution in [0, 0.1) is 6.92 Å². The van der Waals surface area contributed by atoms with Crippen LogP contribution in [0.1, 0.15) is 11.1 Å². The van der Waals surface area contributed by atoms with Gasteiger partial charge in [-0.15, -0.1) is 0 Å². The maximum atomic E-state index is 13.2. The van der Waals surface area contributed by atoms with Crippen molar-refractivity contribution in [3.63, 3.8) is 0 Å². The number of ether oxygens (including phenoxy) is 1. The van der Waals surface area contributed by atoms with Crippen LogP contribution in [0.5, 0.6) is 5.75 Å². The van der Waals surface area contributed by atoms with E-state index in [9.17, 15) is 13.2 Å². The third-order valence-corrected chi connectivity index (χ3v) is 6.21. The van der Waals surface area contributed by atoms with Crippen LogP contribution in [0.4, 0.5) is 5.69 Å². The zero-order valence-electron chi connectivity index (χ0n) is 17.2. The van der Waals surface area contributed by atoms with Gasteiger partial charge in [0, 0.05) is 0 Å². The maximum Gasteiger partial charge on any atom is 0.264 e. The minimum atomic E-state index is -3.97. The molecule has 1 N–H and O–H groups in total. The van der Waals surface area contributed by atoms with E-state index in [2.05, 4.69) is 10.5 Å². The van der Waals surface area contributed by atoms with Gasteiger partial charge in [-0.25, -0.2) is 13.8 Å². The lowest BCUT2D eigenvalue weighted by Crippen LogP contribution is -2.39. The van der Waals surface area contributed by atoms with Gasteiger partial charge in [0.25, 0.3) is 15.9 Å². The first kappa shape index (κ1) is 22.0. The summed E-state index contributed by atoms with van der Waals surface area (Å²) in [5.41, 5.74) is 4.62. The summed E-state index contributed by atoms with van der Waals surface area (Å²) in [5.74, 6) is 0.00671. The summed E-state index contributed by atoms with van der Waals surface area (Å²) in [4.78, 5) is 12.6. The topological polar surface area (TPSA) is 88.1 Å². The molecule has 0 heterocycles. The molecule has 3 rings (SSSR count). The lowest BCUT2D eigenvalue weighted by molar-refractivity contribution is -0.119. The lowest BCUT2D eigenvalue weighted by Gasteiger charge is -2.23. The summed E-state index contributed by atoms with van der Waals surface area (Å²) in [6, 6.07) is 22.0. The van der Waals surface area contributed by atoms with E-state index in [0.29, 0.717) is 11.4 Å². The molecule has 1 amide bonds. The Bertz CT molecular complexity index is 1160. The Labute approximate surface area is 182 Å². The molecule has 0 bridgehead atoms. The molecule has 0 fully saturated rings. The number of hydrogen-bond donors (Lipinski definition) is 1. The summed E-state index contributed by atoms with van der Waals surface area (Å²) >= 11 is 0. The van der Waals surface area contributed by atoms with Crippen LogP contribution in [0.25, 0.3) is 0 Å². The van der Waals surface area contributed by atoms with Crippen LogP contribution in [0.3, 0.4) is 0 Å². The third-order valence-electron chi connectivity index (χ3n) is 4.42. The average molecular weight is 438 g/mol. The molecule has 0 aliphatic heterocycles.